The maximum Gasteiger partial charge on any atom is 0.223 e. The van der Waals surface area contributed by atoms with E-state index in [1.165, 1.54) is 0 Å². The highest BCUT2D eigenvalue weighted by atomic mass is 16.3. The fourth-order valence-electron chi connectivity index (χ4n) is 3.58. The molecule has 1 aromatic carbocycles. The number of aromatic nitrogens is 2. The second-order valence-corrected chi connectivity index (χ2v) is 7.05. The summed E-state index contributed by atoms with van der Waals surface area (Å²) in [6, 6.07) is 6.08. The van der Waals surface area contributed by atoms with Crippen LogP contribution in [0.5, 0.6) is 0 Å². The molecule has 5 nitrogen and oxygen atoms in total. The number of imidazole rings is 1. The van der Waals surface area contributed by atoms with E-state index in [1.54, 1.807) is 0 Å². The number of piperidine rings is 1. The van der Waals surface area contributed by atoms with Crippen molar-refractivity contribution in [2.24, 2.45) is 5.41 Å². The minimum absolute atomic E-state index is 0.0209. The van der Waals surface area contributed by atoms with Crippen LogP contribution in [-0.2, 0) is 11.2 Å². The molecule has 2 N–H and O–H groups in total. The van der Waals surface area contributed by atoms with Gasteiger partial charge in [0.2, 0.25) is 5.91 Å². The van der Waals surface area contributed by atoms with Gasteiger partial charge in [-0.15, -0.1) is 0 Å². The Morgan fingerprint density at radius 1 is 1.38 bits per heavy atom. The monoisotopic (exact) mass is 329 g/mol. The van der Waals surface area contributed by atoms with Gasteiger partial charge in [0.05, 0.1) is 11.0 Å². The van der Waals surface area contributed by atoms with Crippen molar-refractivity contribution in [2.45, 2.75) is 46.0 Å². The Bertz CT molecular complexity index is 708. The summed E-state index contributed by atoms with van der Waals surface area (Å²) in [5, 5.41) is 9.59. The number of benzene rings is 1. The second-order valence-electron chi connectivity index (χ2n) is 7.05. The lowest BCUT2D eigenvalue weighted by atomic mass is 9.77. The zero-order valence-electron chi connectivity index (χ0n) is 14.6. The van der Waals surface area contributed by atoms with E-state index in [0.717, 1.165) is 54.8 Å². The predicted molar refractivity (Wildman–Crippen MR) is 94.8 cm³/mol. The van der Waals surface area contributed by atoms with Crippen molar-refractivity contribution in [2.75, 3.05) is 19.7 Å². The molecule has 24 heavy (non-hydrogen) atoms. The van der Waals surface area contributed by atoms with Crippen LogP contribution in [0.15, 0.2) is 18.2 Å². The van der Waals surface area contributed by atoms with Crippen LogP contribution in [-0.4, -0.2) is 45.6 Å². The topological polar surface area (TPSA) is 69.2 Å². The van der Waals surface area contributed by atoms with Gasteiger partial charge in [0.25, 0.3) is 0 Å². The zero-order valence-corrected chi connectivity index (χ0v) is 14.6. The van der Waals surface area contributed by atoms with Gasteiger partial charge >= 0.3 is 0 Å². The first-order valence-electron chi connectivity index (χ1n) is 8.90. The molecular formula is C19H27N3O2. The highest BCUT2D eigenvalue weighted by molar-refractivity contribution is 5.79. The summed E-state index contributed by atoms with van der Waals surface area (Å²) in [5.74, 6) is 1.07. The van der Waals surface area contributed by atoms with Crippen LogP contribution < -0.4 is 0 Å². The van der Waals surface area contributed by atoms with Crippen molar-refractivity contribution < 1.29 is 9.90 Å². The number of hydrogen-bond acceptors (Lipinski definition) is 3. The van der Waals surface area contributed by atoms with Crippen molar-refractivity contribution in [3.8, 4) is 0 Å². The molecule has 3 rings (SSSR count). The molecule has 0 saturated carbocycles. The number of nitrogens with zero attached hydrogens (tertiary/aromatic N) is 2. The third-order valence-corrected chi connectivity index (χ3v) is 5.60. The van der Waals surface area contributed by atoms with E-state index in [-0.39, 0.29) is 17.9 Å². The smallest absolute Gasteiger partial charge is 0.223 e. The molecule has 1 fully saturated rings. The summed E-state index contributed by atoms with van der Waals surface area (Å²) < 4.78 is 0. The molecule has 1 aromatic heterocycles. The highest BCUT2D eigenvalue weighted by Crippen LogP contribution is 2.34. The lowest BCUT2D eigenvalue weighted by Gasteiger charge is -2.40. The van der Waals surface area contributed by atoms with Gasteiger partial charge in [-0.1, -0.05) is 19.1 Å². The van der Waals surface area contributed by atoms with Crippen molar-refractivity contribution in [1.82, 2.24) is 14.9 Å². The van der Waals surface area contributed by atoms with Gasteiger partial charge in [-0.05, 0) is 43.2 Å². The number of fused-ring (bicyclic) bond motifs is 1. The Labute approximate surface area is 143 Å². The molecular weight excluding hydrogens is 302 g/mol. The Morgan fingerprint density at radius 3 is 2.75 bits per heavy atom. The number of aromatic amines is 1. The van der Waals surface area contributed by atoms with Crippen molar-refractivity contribution >= 4 is 16.9 Å². The maximum atomic E-state index is 12.5. The Morgan fingerprint density at radius 2 is 2.12 bits per heavy atom. The number of aliphatic hydroxyl groups is 1. The molecule has 0 bridgehead atoms. The van der Waals surface area contributed by atoms with E-state index in [2.05, 4.69) is 16.9 Å². The average molecular weight is 329 g/mol. The second kappa shape index (κ2) is 6.93. The molecule has 1 saturated heterocycles. The Hall–Kier alpha value is -1.88. The third-order valence-electron chi connectivity index (χ3n) is 5.60. The fourth-order valence-corrected chi connectivity index (χ4v) is 3.58. The van der Waals surface area contributed by atoms with Crippen LogP contribution in [0.2, 0.25) is 0 Å². The third kappa shape index (κ3) is 3.31. The quantitative estimate of drug-likeness (QED) is 0.886. The molecule has 2 aromatic rings. The number of carbonyl (C=O) groups is 1. The van der Waals surface area contributed by atoms with Gasteiger partial charge in [0, 0.05) is 32.5 Å². The lowest BCUT2D eigenvalue weighted by Crippen LogP contribution is -2.44. The summed E-state index contributed by atoms with van der Waals surface area (Å²) in [5.41, 5.74) is 3.20. The number of aliphatic hydroxyl groups excluding tert-OH is 1. The molecule has 0 spiro atoms. The minimum Gasteiger partial charge on any atom is -0.396 e. The molecule has 0 aliphatic carbocycles. The van der Waals surface area contributed by atoms with Gasteiger partial charge in [0.1, 0.15) is 5.82 Å². The Balaban J connectivity index is 1.56. The number of amides is 1. The lowest BCUT2D eigenvalue weighted by molar-refractivity contribution is -0.134. The highest BCUT2D eigenvalue weighted by Gasteiger charge is 2.33. The molecule has 130 valence electrons. The standard InChI is InChI=1S/C19H27N3O2/c1-3-19(13-23)9-11-22(12-10-19)17(24)8-7-16-20-15-6-4-5-14(2)18(15)21-16/h4-6,23H,3,7-13H2,1-2H3,(H,20,21). The number of carbonyl (C=O) groups excluding carboxylic acids is 1. The number of hydrogen-bond donors (Lipinski definition) is 2. The summed E-state index contributed by atoms with van der Waals surface area (Å²) in [7, 11) is 0. The summed E-state index contributed by atoms with van der Waals surface area (Å²) in [6.07, 6.45) is 3.90. The van der Waals surface area contributed by atoms with Crippen molar-refractivity contribution in [3.63, 3.8) is 0 Å². The summed E-state index contributed by atoms with van der Waals surface area (Å²) >= 11 is 0. The van der Waals surface area contributed by atoms with Gasteiger partial charge in [-0.2, -0.15) is 0 Å². The van der Waals surface area contributed by atoms with E-state index in [1.807, 2.05) is 30.0 Å². The molecule has 0 radical (unpaired) electrons. The number of nitrogens with one attached hydrogen (secondary N) is 1. The number of H-pyrrole nitrogens is 1. The molecule has 5 heteroatoms. The molecule has 2 heterocycles. The SMILES string of the molecule is CCC1(CO)CCN(C(=O)CCc2nc3c(C)cccc3[nH]2)CC1. The Kier molecular flexibility index (Phi) is 4.90. The van der Waals surface area contributed by atoms with E-state index in [4.69, 9.17) is 0 Å². The van der Waals surface area contributed by atoms with Gasteiger partial charge in [-0.25, -0.2) is 4.98 Å². The first kappa shape index (κ1) is 17.0. The number of rotatable bonds is 5. The van der Waals surface area contributed by atoms with Crippen LogP contribution in [0.1, 0.15) is 44.0 Å². The minimum atomic E-state index is 0.0209. The van der Waals surface area contributed by atoms with E-state index < -0.39 is 0 Å². The van der Waals surface area contributed by atoms with E-state index in [0.29, 0.717) is 12.8 Å². The predicted octanol–water partition coefficient (Wildman–Crippen LogP) is 2.82. The van der Waals surface area contributed by atoms with E-state index >= 15 is 0 Å². The number of para-hydroxylation sites is 1. The first-order valence-corrected chi connectivity index (χ1v) is 8.90. The van der Waals surface area contributed by atoms with Crippen LogP contribution >= 0.6 is 0 Å². The normalized spacial score (nSPS) is 17.4. The summed E-state index contributed by atoms with van der Waals surface area (Å²) in [4.78, 5) is 22.3. The van der Waals surface area contributed by atoms with Crippen molar-refractivity contribution in [3.05, 3.63) is 29.6 Å². The molecule has 0 atom stereocenters. The molecule has 1 aliphatic heterocycles. The van der Waals surface area contributed by atoms with E-state index in [9.17, 15) is 9.90 Å². The van der Waals surface area contributed by atoms with Crippen LogP contribution in [0.4, 0.5) is 0 Å². The van der Waals surface area contributed by atoms with Gasteiger partial charge in [-0.3, -0.25) is 4.79 Å². The maximum absolute atomic E-state index is 12.5. The van der Waals surface area contributed by atoms with Crippen LogP contribution in [0.25, 0.3) is 11.0 Å². The molecule has 1 amide bonds. The largest absolute Gasteiger partial charge is 0.396 e. The van der Waals surface area contributed by atoms with Gasteiger partial charge in [0.15, 0.2) is 0 Å². The average Bonchev–Trinajstić information content (AvgIpc) is 3.04. The number of likely N-dealkylation sites (tertiary alicyclic amines) is 1. The molecule has 1 aliphatic rings. The van der Waals surface area contributed by atoms with Crippen LogP contribution in [0.3, 0.4) is 0 Å². The first-order chi connectivity index (χ1) is 11.6. The summed E-state index contributed by atoms with van der Waals surface area (Å²) in [6.45, 7) is 5.91. The van der Waals surface area contributed by atoms with Crippen LogP contribution in [0, 0.1) is 12.3 Å². The van der Waals surface area contributed by atoms with Gasteiger partial charge < -0.3 is 15.0 Å². The molecule has 0 unspecified atom stereocenters. The zero-order chi connectivity index (χ0) is 17.2. The van der Waals surface area contributed by atoms with Crippen molar-refractivity contribution in [1.29, 1.82) is 0 Å². The number of aryl methyl sites for hydroxylation is 2. The fraction of sp³-hybridized carbons (Fsp3) is 0.579.